The minimum atomic E-state index is -5.08. The van der Waals surface area contributed by atoms with E-state index in [2.05, 4.69) is 10.6 Å². The van der Waals surface area contributed by atoms with Gasteiger partial charge in [0.05, 0.1) is 5.84 Å². The van der Waals surface area contributed by atoms with E-state index < -0.39 is 53.8 Å². The Morgan fingerprint density at radius 1 is 0.955 bits per heavy atom. The molecule has 0 saturated heterocycles. The first-order chi connectivity index (χ1) is 20.3. The van der Waals surface area contributed by atoms with Crippen LogP contribution in [0, 0.1) is 22.7 Å². The molecule has 0 aromatic heterocycles. The van der Waals surface area contributed by atoms with Crippen molar-refractivity contribution >= 4 is 41.3 Å². The van der Waals surface area contributed by atoms with Crippen molar-refractivity contribution in [3.05, 3.63) is 35.4 Å². The lowest BCUT2D eigenvalue weighted by Crippen LogP contribution is -2.58. The quantitative estimate of drug-likeness (QED) is 0.0899. The van der Waals surface area contributed by atoms with E-state index in [0.717, 1.165) is 19.3 Å². The molecule has 0 heterocycles. The van der Waals surface area contributed by atoms with Crippen molar-refractivity contribution < 1.29 is 42.3 Å². The summed E-state index contributed by atoms with van der Waals surface area (Å²) >= 11 is 0. The zero-order valence-corrected chi connectivity index (χ0v) is 24.4. The van der Waals surface area contributed by atoms with Gasteiger partial charge >= 0.3 is 12.1 Å². The summed E-state index contributed by atoms with van der Waals surface area (Å²) < 4.78 is 31.7. The number of hydrogen-bond donors (Lipinski definition) is 8. The van der Waals surface area contributed by atoms with Gasteiger partial charge in [-0.3, -0.25) is 30.0 Å². The lowest BCUT2D eigenvalue weighted by molar-refractivity contribution is -0.192. The molecule has 0 spiro atoms. The zero-order chi connectivity index (χ0) is 33.8. The first-order valence-electron chi connectivity index (χ1n) is 13.5. The van der Waals surface area contributed by atoms with Gasteiger partial charge in [-0.1, -0.05) is 43.5 Å². The van der Waals surface area contributed by atoms with E-state index >= 15 is 0 Å². The van der Waals surface area contributed by atoms with Crippen molar-refractivity contribution in [2.24, 2.45) is 29.0 Å². The van der Waals surface area contributed by atoms with Gasteiger partial charge in [-0.2, -0.15) is 13.2 Å². The van der Waals surface area contributed by atoms with Crippen LogP contribution in [-0.4, -0.2) is 83.6 Å². The molecule has 1 unspecified atom stereocenters. The largest absolute Gasteiger partial charge is 0.490 e. The van der Waals surface area contributed by atoms with Crippen molar-refractivity contribution in [3.63, 3.8) is 0 Å². The summed E-state index contributed by atoms with van der Waals surface area (Å²) in [5.74, 6) is -6.94. The number of halogens is 3. The normalized spacial score (nSPS) is 15.3. The maximum absolute atomic E-state index is 13.5. The maximum atomic E-state index is 13.5. The molecule has 1 saturated carbocycles. The second-order valence-corrected chi connectivity index (χ2v) is 10.5. The van der Waals surface area contributed by atoms with E-state index in [-0.39, 0.29) is 30.4 Å². The summed E-state index contributed by atoms with van der Waals surface area (Å²) in [6, 6.07) is 4.51. The molecule has 244 valence electrons. The van der Waals surface area contributed by atoms with Crippen molar-refractivity contribution in [2.45, 2.75) is 63.2 Å². The molecule has 1 fully saturated rings. The summed E-state index contributed by atoms with van der Waals surface area (Å²) in [5, 5.41) is 27.4. The first-order valence-corrected chi connectivity index (χ1v) is 13.5. The minimum Gasteiger partial charge on any atom is -0.475 e. The fourth-order valence-electron chi connectivity index (χ4n) is 4.48. The van der Waals surface area contributed by atoms with Gasteiger partial charge in [0.2, 0.25) is 23.6 Å². The van der Waals surface area contributed by atoms with Crippen LogP contribution < -0.4 is 27.8 Å². The summed E-state index contributed by atoms with van der Waals surface area (Å²) in [6.07, 6.45) is -1.06. The third-order valence-electron chi connectivity index (χ3n) is 6.79. The molecule has 1 aromatic rings. The molecule has 0 radical (unpaired) electrons. The number of carbonyl (C=O) groups is 5. The highest BCUT2D eigenvalue weighted by atomic mass is 19.4. The van der Waals surface area contributed by atoms with Crippen LogP contribution in [-0.2, 0) is 30.4 Å². The standard InChI is InChI=1S/C25H38N8O4.C2HF3O2/c1-33(2)25(37)17(12-14-8-10-16(11-9-14)21(28)29)23(35)32-20(15-6-4-3-5-7-15)24(36)31-18(22(30)34)13-19(26)27;3-2(4,5)1(6)7/h8-11,15,17-18,20H,3-7,12-13H2,1-2H3,(H3,26,27)(H3,28,29)(H2,30,34)(H,31,36)(H,32,35);(H,6,7)/t17?,18-,20-;/m0./s1. The number of benzene rings is 1. The molecular formula is C27H39F3N8O6. The van der Waals surface area contributed by atoms with E-state index in [0.29, 0.717) is 24.0 Å². The number of carbonyl (C=O) groups excluding carboxylic acids is 4. The molecule has 14 nitrogen and oxygen atoms in total. The third kappa shape index (κ3) is 12.3. The number of carboxylic acid groups (broad SMARTS) is 1. The number of amidine groups is 2. The number of amides is 4. The number of hydrogen-bond acceptors (Lipinski definition) is 7. The third-order valence-corrected chi connectivity index (χ3v) is 6.79. The van der Waals surface area contributed by atoms with Gasteiger partial charge in [0.15, 0.2) is 0 Å². The molecule has 0 aliphatic heterocycles. The smallest absolute Gasteiger partial charge is 0.475 e. The second-order valence-electron chi connectivity index (χ2n) is 10.5. The van der Waals surface area contributed by atoms with Gasteiger partial charge in [-0.15, -0.1) is 0 Å². The van der Waals surface area contributed by atoms with Crippen LogP contribution in [0.15, 0.2) is 24.3 Å². The topological polar surface area (TPSA) is 259 Å². The van der Waals surface area contributed by atoms with E-state index in [1.807, 2.05) is 0 Å². The average Bonchev–Trinajstić information content (AvgIpc) is 2.93. The number of nitrogens with two attached hydrogens (primary N) is 3. The van der Waals surface area contributed by atoms with Crippen LogP contribution in [0.1, 0.15) is 49.7 Å². The number of carboxylic acids is 1. The molecule has 3 atom stereocenters. The van der Waals surface area contributed by atoms with Crippen LogP contribution in [0.25, 0.3) is 0 Å². The monoisotopic (exact) mass is 628 g/mol. The molecule has 1 aliphatic carbocycles. The van der Waals surface area contributed by atoms with Crippen LogP contribution in [0.2, 0.25) is 0 Å². The molecular weight excluding hydrogens is 589 g/mol. The number of primary amides is 1. The fraction of sp³-hybridized carbons (Fsp3) is 0.519. The van der Waals surface area contributed by atoms with Gasteiger partial charge in [0.25, 0.3) is 0 Å². The Labute approximate surface area is 251 Å². The number of aliphatic carboxylic acids is 1. The zero-order valence-electron chi connectivity index (χ0n) is 24.4. The molecule has 17 heteroatoms. The number of nitrogens with one attached hydrogen (secondary N) is 4. The van der Waals surface area contributed by atoms with E-state index in [1.165, 1.54) is 4.90 Å². The summed E-state index contributed by atoms with van der Waals surface area (Å²) in [7, 11) is 3.10. The first kappa shape index (κ1) is 37.3. The minimum absolute atomic E-state index is 0.0777. The molecule has 1 aliphatic rings. The molecule has 11 N–H and O–H groups in total. The summed E-state index contributed by atoms with van der Waals surface area (Å²) in [6.45, 7) is 0. The Hall–Kier alpha value is -4.70. The Morgan fingerprint density at radius 3 is 1.89 bits per heavy atom. The molecule has 4 amide bonds. The van der Waals surface area contributed by atoms with Gasteiger partial charge in [-0.05, 0) is 30.7 Å². The van der Waals surface area contributed by atoms with Crippen LogP contribution in [0.5, 0.6) is 0 Å². The Bertz CT molecular complexity index is 1220. The fourth-order valence-corrected chi connectivity index (χ4v) is 4.48. The van der Waals surface area contributed by atoms with Crippen LogP contribution in [0.4, 0.5) is 13.2 Å². The number of nitrogens with zero attached hydrogens (tertiary/aromatic N) is 1. The molecule has 44 heavy (non-hydrogen) atoms. The van der Waals surface area contributed by atoms with E-state index in [4.69, 9.17) is 37.9 Å². The second kappa shape index (κ2) is 16.8. The van der Waals surface area contributed by atoms with Gasteiger partial charge in [0.1, 0.15) is 23.8 Å². The number of rotatable bonds is 12. The Kier molecular flexibility index (Phi) is 14.3. The Morgan fingerprint density at radius 2 is 1.48 bits per heavy atom. The van der Waals surface area contributed by atoms with E-state index in [1.54, 1.807) is 38.4 Å². The van der Waals surface area contributed by atoms with Crippen LogP contribution in [0.3, 0.4) is 0 Å². The van der Waals surface area contributed by atoms with Crippen molar-refractivity contribution in [3.8, 4) is 0 Å². The number of alkyl halides is 3. The number of nitrogen functional groups attached to an aromatic ring is 1. The van der Waals surface area contributed by atoms with Crippen molar-refractivity contribution in [1.29, 1.82) is 10.8 Å². The highest BCUT2D eigenvalue weighted by Crippen LogP contribution is 2.27. The predicted octanol–water partition coefficient (Wildman–Crippen LogP) is 0.212. The highest BCUT2D eigenvalue weighted by Gasteiger charge is 2.38. The maximum Gasteiger partial charge on any atom is 0.490 e. The van der Waals surface area contributed by atoms with Gasteiger partial charge < -0.3 is 37.8 Å². The molecule has 1 aromatic carbocycles. The van der Waals surface area contributed by atoms with Gasteiger partial charge in [-0.25, -0.2) is 4.79 Å². The SMILES string of the molecule is CN(C)C(=O)C(Cc1ccc(C(=N)N)cc1)C(=O)N[C@H](C(=O)N[C@@H](CC(=N)N)C(N)=O)C1CCCCC1.O=C(O)C(F)(F)F. The molecule has 0 bridgehead atoms. The lowest BCUT2D eigenvalue weighted by atomic mass is 9.83. The highest BCUT2D eigenvalue weighted by molar-refractivity contribution is 6.02. The summed E-state index contributed by atoms with van der Waals surface area (Å²) in [4.78, 5) is 61.8. The summed E-state index contributed by atoms with van der Waals surface area (Å²) in [5.41, 5.74) is 17.5. The van der Waals surface area contributed by atoms with Gasteiger partial charge in [0, 0.05) is 26.1 Å². The predicted molar refractivity (Wildman–Crippen MR) is 153 cm³/mol. The van der Waals surface area contributed by atoms with E-state index in [9.17, 15) is 32.3 Å². The van der Waals surface area contributed by atoms with Crippen molar-refractivity contribution in [1.82, 2.24) is 15.5 Å². The average molecular weight is 629 g/mol. The lowest BCUT2D eigenvalue weighted by Gasteiger charge is -2.32. The van der Waals surface area contributed by atoms with Crippen LogP contribution >= 0.6 is 0 Å². The van der Waals surface area contributed by atoms with Crippen molar-refractivity contribution in [2.75, 3.05) is 14.1 Å². The molecule has 2 rings (SSSR count). The Balaban J connectivity index is 0.00000123.